The van der Waals surface area contributed by atoms with E-state index in [4.69, 9.17) is 16.3 Å². The maximum atomic E-state index is 13.1. The van der Waals surface area contributed by atoms with Crippen molar-refractivity contribution in [2.75, 3.05) is 25.5 Å². The summed E-state index contributed by atoms with van der Waals surface area (Å²) in [5.74, 6) is -0.113. The Morgan fingerprint density at radius 3 is 2.66 bits per heavy atom. The summed E-state index contributed by atoms with van der Waals surface area (Å²) in [6.07, 6.45) is 2.70. The molecule has 1 aliphatic heterocycles. The van der Waals surface area contributed by atoms with Crippen molar-refractivity contribution in [3.8, 4) is 5.75 Å². The van der Waals surface area contributed by atoms with Crippen LogP contribution in [-0.2, 0) is 10.0 Å². The Kier molecular flexibility index (Phi) is 5.85. The number of fused-ring (bicyclic) bond motifs is 1. The van der Waals surface area contributed by atoms with Gasteiger partial charge in [0.1, 0.15) is 15.5 Å². The highest BCUT2D eigenvalue weighted by molar-refractivity contribution is 7.89. The van der Waals surface area contributed by atoms with Crippen molar-refractivity contribution in [3.05, 3.63) is 39.5 Å². The van der Waals surface area contributed by atoms with Crippen molar-refractivity contribution in [2.24, 2.45) is 0 Å². The van der Waals surface area contributed by atoms with E-state index in [1.165, 1.54) is 40.2 Å². The molecule has 0 spiro atoms. The van der Waals surface area contributed by atoms with Crippen LogP contribution in [0.2, 0.25) is 5.02 Å². The zero-order valence-corrected chi connectivity index (χ0v) is 18.8. The lowest BCUT2D eigenvalue weighted by atomic mass is 10.2. The molecule has 1 aliphatic rings. The van der Waals surface area contributed by atoms with Gasteiger partial charge in [0.2, 0.25) is 10.0 Å². The number of carbonyl (C=O) groups excluding carboxylic acids is 1. The summed E-state index contributed by atoms with van der Waals surface area (Å²) in [5, 5.41) is 5.97. The second kappa shape index (κ2) is 8.23. The van der Waals surface area contributed by atoms with Crippen LogP contribution in [0.5, 0.6) is 5.75 Å². The van der Waals surface area contributed by atoms with Gasteiger partial charge >= 0.3 is 0 Å². The number of halogens is 1. The summed E-state index contributed by atoms with van der Waals surface area (Å²) in [5.41, 5.74) is 0.374. The average molecular weight is 471 g/mol. The summed E-state index contributed by atoms with van der Waals surface area (Å²) in [6.45, 7) is 0.979. The third-order valence-corrected chi connectivity index (χ3v) is 9.49. The molecule has 4 rings (SSSR count). The van der Waals surface area contributed by atoms with Crippen molar-refractivity contribution in [1.82, 2.24) is 4.31 Å². The van der Waals surface area contributed by atoms with E-state index in [1.54, 1.807) is 12.1 Å². The number of benzene rings is 1. The highest BCUT2D eigenvalue weighted by Crippen LogP contribution is 2.39. The Hall–Kier alpha value is -1.65. The molecule has 0 atom stereocenters. The summed E-state index contributed by atoms with van der Waals surface area (Å²) in [6, 6.07) is 6.51. The van der Waals surface area contributed by atoms with Gasteiger partial charge in [0.25, 0.3) is 5.91 Å². The fraction of sp³-hybridized carbons (Fsp3) is 0.316. The van der Waals surface area contributed by atoms with Crippen molar-refractivity contribution in [3.63, 3.8) is 0 Å². The molecule has 6 nitrogen and oxygen atoms in total. The van der Waals surface area contributed by atoms with Crippen LogP contribution in [0.1, 0.15) is 28.9 Å². The predicted molar refractivity (Wildman–Crippen MR) is 118 cm³/mol. The predicted octanol–water partition coefficient (Wildman–Crippen LogP) is 5.05. The highest BCUT2D eigenvalue weighted by atomic mass is 35.5. The number of thiophene rings is 2. The first-order chi connectivity index (χ1) is 13.9. The first-order valence-corrected chi connectivity index (χ1v) is 12.6. The quantitative estimate of drug-likeness (QED) is 0.566. The normalized spacial score (nSPS) is 15.5. The smallest absolute Gasteiger partial charge is 0.267 e. The van der Waals surface area contributed by atoms with E-state index in [-0.39, 0.29) is 16.6 Å². The summed E-state index contributed by atoms with van der Waals surface area (Å²) in [4.78, 5) is 13.2. The number of nitrogens with one attached hydrogen (secondary N) is 1. The van der Waals surface area contributed by atoms with E-state index in [0.717, 1.165) is 28.7 Å². The lowest BCUT2D eigenvalue weighted by molar-refractivity contribution is 0.103. The number of ether oxygens (including phenoxy) is 1. The Bertz CT molecular complexity index is 1160. The monoisotopic (exact) mass is 470 g/mol. The zero-order chi connectivity index (χ0) is 20.6. The molecule has 1 fully saturated rings. The molecule has 0 radical (unpaired) electrons. The van der Waals surface area contributed by atoms with E-state index < -0.39 is 10.0 Å². The molecule has 1 saturated heterocycles. The van der Waals surface area contributed by atoms with E-state index >= 15 is 0 Å². The molecule has 3 heterocycles. The van der Waals surface area contributed by atoms with Crippen LogP contribution in [0.3, 0.4) is 0 Å². The minimum absolute atomic E-state index is 0.0537. The maximum absolute atomic E-state index is 13.1. The third kappa shape index (κ3) is 3.89. The van der Waals surface area contributed by atoms with Gasteiger partial charge < -0.3 is 10.1 Å². The van der Waals surface area contributed by atoms with Crippen LogP contribution in [0.15, 0.2) is 34.5 Å². The average Bonchev–Trinajstić information content (AvgIpc) is 3.31. The number of hydrogen-bond donors (Lipinski definition) is 1. The number of nitrogens with zero attached hydrogens (tertiary/aromatic N) is 1. The van der Waals surface area contributed by atoms with E-state index in [0.29, 0.717) is 28.7 Å². The lowest BCUT2D eigenvalue weighted by Gasteiger charge is -2.26. The van der Waals surface area contributed by atoms with Gasteiger partial charge in [0, 0.05) is 24.2 Å². The molecule has 0 aliphatic carbocycles. The Morgan fingerprint density at radius 2 is 1.97 bits per heavy atom. The molecule has 0 unspecified atom stereocenters. The fourth-order valence-electron chi connectivity index (χ4n) is 3.33. The SMILES string of the molecule is COc1ccc(NC(=O)c2sc3sccc3c2Cl)cc1S(=O)(=O)N1CCCCC1. The van der Waals surface area contributed by atoms with Gasteiger partial charge in [-0.25, -0.2) is 8.42 Å². The molecule has 1 N–H and O–H groups in total. The molecule has 10 heteroatoms. The fourth-order valence-corrected chi connectivity index (χ4v) is 7.54. The second-order valence-electron chi connectivity index (χ2n) is 6.65. The highest BCUT2D eigenvalue weighted by Gasteiger charge is 2.29. The van der Waals surface area contributed by atoms with E-state index in [9.17, 15) is 13.2 Å². The van der Waals surface area contributed by atoms with Gasteiger partial charge in [-0.3, -0.25) is 4.79 Å². The summed E-state index contributed by atoms with van der Waals surface area (Å²) in [7, 11) is -2.28. The van der Waals surface area contributed by atoms with Gasteiger partial charge in [0.15, 0.2) is 0 Å². The number of piperidine rings is 1. The van der Waals surface area contributed by atoms with Crippen LogP contribution in [0.25, 0.3) is 9.40 Å². The first kappa shape index (κ1) is 20.6. The molecular formula is C19H19ClN2O4S3. The number of anilines is 1. The topological polar surface area (TPSA) is 75.7 Å². The van der Waals surface area contributed by atoms with E-state index in [1.807, 2.05) is 11.4 Å². The summed E-state index contributed by atoms with van der Waals surface area (Å²) >= 11 is 9.19. The van der Waals surface area contributed by atoms with Gasteiger partial charge in [-0.2, -0.15) is 4.31 Å². The molecular weight excluding hydrogens is 452 g/mol. The summed E-state index contributed by atoms with van der Waals surface area (Å²) < 4.78 is 34.0. The van der Waals surface area contributed by atoms with Gasteiger partial charge in [0.05, 0.1) is 16.1 Å². The number of amides is 1. The van der Waals surface area contributed by atoms with Crippen molar-refractivity contribution in [2.45, 2.75) is 24.2 Å². The van der Waals surface area contributed by atoms with Crippen LogP contribution in [0, 0.1) is 0 Å². The molecule has 0 bridgehead atoms. The number of sulfonamides is 1. The molecule has 154 valence electrons. The lowest BCUT2D eigenvalue weighted by Crippen LogP contribution is -2.35. The molecule has 0 saturated carbocycles. The largest absolute Gasteiger partial charge is 0.495 e. The molecule has 2 aromatic heterocycles. The maximum Gasteiger partial charge on any atom is 0.267 e. The van der Waals surface area contributed by atoms with Gasteiger partial charge in [-0.05, 0) is 42.5 Å². The molecule has 29 heavy (non-hydrogen) atoms. The molecule has 1 amide bonds. The number of rotatable bonds is 5. The van der Waals surface area contributed by atoms with Gasteiger partial charge in [-0.15, -0.1) is 22.7 Å². The van der Waals surface area contributed by atoms with Crippen molar-refractivity contribution < 1.29 is 17.9 Å². The zero-order valence-electron chi connectivity index (χ0n) is 15.6. The first-order valence-electron chi connectivity index (χ1n) is 9.07. The molecule has 1 aromatic carbocycles. The van der Waals surface area contributed by atoms with Crippen molar-refractivity contribution >= 4 is 65.3 Å². The number of carbonyl (C=O) groups is 1. The Morgan fingerprint density at radius 1 is 1.21 bits per heavy atom. The molecule has 3 aromatic rings. The number of methoxy groups -OCH3 is 1. The van der Waals surface area contributed by atoms with Crippen LogP contribution in [-0.4, -0.2) is 38.8 Å². The third-order valence-electron chi connectivity index (χ3n) is 4.82. The van der Waals surface area contributed by atoms with Crippen LogP contribution >= 0.6 is 34.3 Å². The van der Waals surface area contributed by atoms with Crippen molar-refractivity contribution in [1.29, 1.82) is 0 Å². The van der Waals surface area contributed by atoms with Gasteiger partial charge in [-0.1, -0.05) is 18.0 Å². The Balaban J connectivity index is 1.65. The van der Waals surface area contributed by atoms with Crippen LogP contribution < -0.4 is 10.1 Å². The van der Waals surface area contributed by atoms with Crippen LogP contribution in [0.4, 0.5) is 5.69 Å². The van der Waals surface area contributed by atoms with E-state index in [2.05, 4.69) is 5.32 Å². The number of hydrogen-bond acceptors (Lipinski definition) is 6. The minimum atomic E-state index is -3.71. The second-order valence-corrected chi connectivity index (χ2v) is 11.1. The Labute approximate surface area is 182 Å². The minimum Gasteiger partial charge on any atom is -0.495 e. The standard InChI is InChI=1S/C19H19ClN2O4S3/c1-26-14-6-5-12(11-15(14)29(24,25)22-8-3-2-4-9-22)21-18(23)17-16(20)13-7-10-27-19(13)28-17/h5-7,10-11H,2-4,8-9H2,1H3,(H,21,23).